The summed E-state index contributed by atoms with van der Waals surface area (Å²) in [5.41, 5.74) is 4.81. The molecule has 0 radical (unpaired) electrons. The Morgan fingerprint density at radius 3 is 2.54 bits per heavy atom. The highest BCUT2D eigenvalue weighted by Gasteiger charge is 2.34. The topological polar surface area (TPSA) is 51.7 Å². The van der Waals surface area contributed by atoms with Crippen molar-refractivity contribution in [3.63, 3.8) is 0 Å². The van der Waals surface area contributed by atoms with E-state index in [1.807, 2.05) is 83.9 Å². The van der Waals surface area contributed by atoms with Crippen LogP contribution < -0.4 is 14.4 Å². The molecule has 5 nitrogen and oxygen atoms in total. The molecule has 1 fully saturated rings. The van der Waals surface area contributed by atoms with E-state index in [2.05, 4.69) is 17.1 Å². The second-order valence-electron chi connectivity index (χ2n) is 9.83. The van der Waals surface area contributed by atoms with Gasteiger partial charge in [-0.1, -0.05) is 54.6 Å². The first-order valence-electron chi connectivity index (χ1n) is 13.0. The fourth-order valence-electron chi connectivity index (χ4n) is 4.94. The van der Waals surface area contributed by atoms with E-state index in [1.165, 1.54) is 18.4 Å². The molecule has 0 spiro atoms. The molecule has 2 aliphatic rings. The monoisotopic (exact) mass is 490 g/mol. The highest BCUT2D eigenvalue weighted by atomic mass is 16.5. The number of nitrogens with zero attached hydrogens (tertiary/aromatic N) is 2. The summed E-state index contributed by atoms with van der Waals surface area (Å²) in [7, 11) is 0. The van der Waals surface area contributed by atoms with E-state index in [0.717, 1.165) is 29.7 Å². The summed E-state index contributed by atoms with van der Waals surface area (Å²) in [6.07, 6.45) is 7.74. The molecule has 1 amide bonds. The average Bonchev–Trinajstić information content (AvgIpc) is 3.80. The van der Waals surface area contributed by atoms with Gasteiger partial charge in [-0.15, -0.1) is 0 Å². The molecule has 0 bridgehead atoms. The predicted molar refractivity (Wildman–Crippen MR) is 144 cm³/mol. The third-order valence-electron chi connectivity index (χ3n) is 7.14. The van der Waals surface area contributed by atoms with E-state index in [0.29, 0.717) is 36.2 Å². The van der Waals surface area contributed by atoms with Gasteiger partial charge in [0.15, 0.2) is 0 Å². The fourth-order valence-corrected chi connectivity index (χ4v) is 4.94. The van der Waals surface area contributed by atoms with Gasteiger partial charge >= 0.3 is 0 Å². The van der Waals surface area contributed by atoms with Crippen molar-refractivity contribution in [3.05, 3.63) is 120 Å². The van der Waals surface area contributed by atoms with Crippen LogP contribution in [0.3, 0.4) is 0 Å². The predicted octanol–water partition coefficient (Wildman–Crippen LogP) is 6.78. The molecule has 1 aliphatic carbocycles. The number of anilines is 1. The molecule has 2 heterocycles. The normalized spacial score (nSPS) is 16.6. The molecule has 5 heteroatoms. The Kier molecular flexibility index (Phi) is 6.59. The van der Waals surface area contributed by atoms with Gasteiger partial charge < -0.3 is 14.4 Å². The summed E-state index contributed by atoms with van der Waals surface area (Å²) < 4.78 is 12.3. The van der Waals surface area contributed by atoms with E-state index in [1.54, 1.807) is 6.20 Å². The van der Waals surface area contributed by atoms with Crippen molar-refractivity contribution in [1.29, 1.82) is 0 Å². The first-order chi connectivity index (χ1) is 18.3. The maximum Gasteiger partial charge on any atom is 0.262 e. The van der Waals surface area contributed by atoms with Crippen molar-refractivity contribution in [2.45, 2.75) is 38.3 Å². The van der Waals surface area contributed by atoms with Crippen LogP contribution in [0.2, 0.25) is 0 Å². The SMILES string of the molecule is O=C(c1ccc(OCc2ccccc2)cc1OCC1CC1)N1c2ccccc2CCC1c1cccnc1. The number of para-hydroxylation sites is 1. The summed E-state index contributed by atoms with van der Waals surface area (Å²) in [5.74, 6) is 1.77. The van der Waals surface area contributed by atoms with Crippen LogP contribution in [0.25, 0.3) is 0 Å². The second-order valence-corrected chi connectivity index (χ2v) is 9.83. The van der Waals surface area contributed by atoms with Crippen molar-refractivity contribution < 1.29 is 14.3 Å². The number of aromatic nitrogens is 1. The Hall–Kier alpha value is -4.12. The fraction of sp³-hybridized carbons (Fsp3) is 0.250. The number of benzene rings is 3. The van der Waals surface area contributed by atoms with Gasteiger partial charge in [-0.25, -0.2) is 0 Å². The van der Waals surface area contributed by atoms with E-state index in [-0.39, 0.29) is 11.9 Å². The zero-order valence-corrected chi connectivity index (χ0v) is 20.8. The van der Waals surface area contributed by atoms with Crippen LogP contribution in [-0.2, 0) is 13.0 Å². The molecule has 0 N–H and O–H groups in total. The minimum atomic E-state index is -0.0959. The van der Waals surface area contributed by atoms with Gasteiger partial charge in [-0.3, -0.25) is 9.78 Å². The molecule has 1 aromatic heterocycles. The number of amides is 1. The summed E-state index contributed by atoms with van der Waals surface area (Å²) in [5, 5.41) is 0. The van der Waals surface area contributed by atoms with Crippen LogP contribution in [0.1, 0.15) is 52.4 Å². The van der Waals surface area contributed by atoms with Gasteiger partial charge in [0.2, 0.25) is 0 Å². The lowest BCUT2D eigenvalue weighted by atomic mass is 9.91. The Balaban J connectivity index is 1.34. The number of pyridine rings is 1. The van der Waals surface area contributed by atoms with Crippen molar-refractivity contribution in [2.75, 3.05) is 11.5 Å². The Morgan fingerprint density at radius 2 is 1.73 bits per heavy atom. The minimum absolute atomic E-state index is 0.0681. The van der Waals surface area contributed by atoms with E-state index in [4.69, 9.17) is 9.47 Å². The summed E-state index contributed by atoms with van der Waals surface area (Å²) in [6.45, 7) is 1.07. The lowest BCUT2D eigenvalue weighted by Crippen LogP contribution is -2.38. The molecular weight excluding hydrogens is 460 g/mol. The molecule has 1 saturated carbocycles. The molecule has 37 heavy (non-hydrogen) atoms. The smallest absolute Gasteiger partial charge is 0.262 e. The summed E-state index contributed by atoms with van der Waals surface area (Å²) in [4.78, 5) is 20.6. The van der Waals surface area contributed by atoms with E-state index >= 15 is 0 Å². The molecule has 6 rings (SSSR count). The van der Waals surface area contributed by atoms with Crippen LogP contribution >= 0.6 is 0 Å². The van der Waals surface area contributed by atoms with Crippen LogP contribution in [0.4, 0.5) is 5.69 Å². The maximum absolute atomic E-state index is 14.3. The number of hydrogen-bond acceptors (Lipinski definition) is 4. The van der Waals surface area contributed by atoms with Gasteiger partial charge in [-0.2, -0.15) is 0 Å². The molecule has 1 atom stereocenters. The molecule has 3 aromatic carbocycles. The Morgan fingerprint density at radius 1 is 0.892 bits per heavy atom. The number of carbonyl (C=O) groups excluding carboxylic acids is 1. The van der Waals surface area contributed by atoms with Crippen molar-refractivity contribution in [3.8, 4) is 11.5 Å². The molecule has 1 aliphatic heterocycles. The Labute approximate surface area is 217 Å². The average molecular weight is 491 g/mol. The largest absolute Gasteiger partial charge is 0.492 e. The number of fused-ring (bicyclic) bond motifs is 1. The van der Waals surface area contributed by atoms with E-state index < -0.39 is 0 Å². The minimum Gasteiger partial charge on any atom is -0.492 e. The van der Waals surface area contributed by atoms with Crippen molar-refractivity contribution in [1.82, 2.24) is 4.98 Å². The van der Waals surface area contributed by atoms with Crippen LogP contribution in [-0.4, -0.2) is 17.5 Å². The standard InChI is InChI=1S/C32H30N2O3/c35-32(34-29-11-5-4-9-25(29)14-17-30(34)26-10-6-18-33-20-26)28-16-15-27(19-31(28)37-22-24-12-13-24)36-21-23-7-2-1-3-8-23/h1-11,15-16,18-20,24,30H,12-14,17,21-22H2. The highest BCUT2D eigenvalue weighted by Crippen LogP contribution is 2.41. The molecule has 4 aromatic rings. The number of hydrogen-bond donors (Lipinski definition) is 0. The summed E-state index contributed by atoms with van der Waals surface area (Å²) in [6, 6.07) is 27.7. The van der Waals surface area contributed by atoms with Crippen LogP contribution in [0, 0.1) is 5.92 Å². The zero-order chi connectivity index (χ0) is 25.0. The number of aryl methyl sites for hydroxylation is 1. The Bertz CT molecular complexity index is 1370. The van der Waals surface area contributed by atoms with Crippen LogP contribution in [0.5, 0.6) is 11.5 Å². The van der Waals surface area contributed by atoms with Crippen molar-refractivity contribution in [2.24, 2.45) is 5.92 Å². The highest BCUT2D eigenvalue weighted by molar-refractivity contribution is 6.09. The maximum atomic E-state index is 14.3. The zero-order valence-electron chi connectivity index (χ0n) is 20.8. The third kappa shape index (κ3) is 5.21. The van der Waals surface area contributed by atoms with Gasteiger partial charge in [-0.05, 0) is 72.6 Å². The van der Waals surface area contributed by atoms with Crippen molar-refractivity contribution >= 4 is 11.6 Å². The van der Waals surface area contributed by atoms with Gasteiger partial charge in [0.1, 0.15) is 18.1 Å². The molecule has 186 valence electrons. The van der Waals surface area contributed by atoms with E-state index in [9.17, 15) is 4.79 Å². The quantitative estimate of drug-likeness (QED) is 0.273. The lowest BCUT2D eigenvalue weighted by Gasteiger charge is -2.37. The summed E-state index contributed by atoms with van der Waals surface area (Å²) >= 11 is 0. The first-order valence-corrected chi connectivity index (χ1v) is 13.0. The molecular formula is C32H30N2O3. The number of rotatable bonds is 8. The molecule has 1 unspecified atom stereocenters. The molecule has 0 saturated heterocycles. The number of ether oxygens (including phenoxy) is 2. The van der Waals surface area contributed by atoms with Crippen LogP contribution in [0.15, 0.2) is 97.3 Å². The first kappa shape index (κ1) is 23.3. The third-order valence-corrected chi connectivity index (χ3v) is 7.14. The lowest BCUT2D eigenvalue weighted by molar-refractivity contribution is 0.0968. The van der Waals surface area contributed by atoms with Gasteiger partial charge in [0, 0.05) is 24.1 Å². The number of carbonyl (C=O) groups is 1. The van der Waals surface area contributed by atoms with Gasteiger partial charge in [0.25, 0.3) is 5.91 Å². The second kappa shape index (κ2) is 10.5. The van der Waals surface area contributed by atoms with Gasteiger partial charge in [0.05, 0.1) is 18.2 Å².